The van der Waals surface area contributed by atoms with Crippen molar-refractivity contribution in [2.45, 2.75) is 26.3 Å². The number of rotatable bonds is 6. The molecule has 4 nitrogen and oxygen atoms in total. The zero-order valence-corrected chi connectivity index (χ0v) is 11.7. The van der Waals surface area contributed by atoms with E-state index in [1.807, 2.05) is 40.1 Å². The van der Waals surface area contributed by atoms with Crippen LogP contribution < -0.4 is 15.5 Å². The number of anilines is 2. The number of carbonyl (C=O) groups is 1. The van der Waals surface area contributed by atoms with Crippen LogP contribution in [0.15, 0.2) is 24.3 Å². The van der Waals surface area contributed by atoms with Crippen molar-refractivity contribution in [3.63, 3.8) is 0 Å². The molecule has 1 rings (SSSR count). The molecular weight excluding hydrogens is 226 g/mol. The van der Waals surface area contributed by atoms with E-state index in [9.17, 15) is 4.79 Å². The summed E-state index contributed by atoms with van der Waals surface area (Å²) in [5.41, 5.74) is 2.20. The fourth-order valence-corrected chi connectivity index (χ4v) is 1.59. The molecule has 0 saturated heterocycles. The lowest BCUT2D eigenvalue weighted by Crippen LogP contribution is -2.31. The molecule has 0 aliphatic rings. The molecule has 0 spiro atoms. The minimum atomic E-state index is 0.0856. The summed E-state index contributed by atoms with van der Waals surface area (Å²) < 4.78 is 0. The Hall–Kier alpha value is -1.71. The number of hydrogen-bond acceptors (Lipinski definition) is 3. The zero-order valence-electron chi connectivity index (χ0n) is 11.7. The van der Waals surface area contributed by atoms with Crippen molar-refractivity contribution in [2.24, 2.45) is 0 Å². The Balaban J connectivity index is 2.33. The van der Waals surface area contributed by atoms with Crippen LogP contribution in [-0.4, -0.2) is 32.6 Å². The Morgan fingerprint density at radius 2 is 1.83 bits per heavy atom. The van der Waals surface area contributed by atoms with E-state index in [0.717, 1.165) is 11.4 Å². The van der Waals surface area contributed by atoms with Gasteiger partial charge in [-0.25, -0.2) is 0 Å². The summed E-state index contributed by atoms with van der Waals surface area (Å²) in [5, 5.41) is 6.10. The molecule has 0 atom stereocenters. The second-order valence-corrected chi connectivity index (χ2v) is 4.84. The fraction of sp³-hybridized carbons (Fsp3) is 0.500. The first-order valence-corrected chi connectivity index (χ1v) is 6.29. The summed E-state index contributed by atoms with van der Waals surface area (Å²) in [5.74, 6) is 0.0856. The van der Waals surface area contributed by atoms with Crippen LogP contribution in [0.4, 0.5) is 11.4 Å². The lowest BCUT2D eigenvalue weighted by molar-refractivity contribution is -0.121. The van der Waals surface area contributed by atoms with Crippen LogP contribution in [0.3, 0.4) is 0 Å². The van der Waals surface area contributed by atoms with Crippen LogP contribution in [0.1, 0.15) is 20.3 Å². The van der Waals surface area contributed by atoms with Gasteiger partial charge in [0.2, 0.25) is 5.91 Å². The van der Waals surface area contributed by atoms with E-state index >= 15 is 0 Å². The molecule has 0 aliphatic carbocycles. The van der Waals surface area contributed by atoms with Gasteiger partial charge in [0.1, 0.15) is 0 Å². The van der Waals surface area contributed by atoms with Gasteiger partial charge in [0.05, 0.1) is 0 Å². The Bertz CT molecular complexity index is 371. The maximum atomic E-state index is 11.4. The zero-order chi connectivity index (χ0) is 13.5. The molecule has 0 heterocycles. The van der Waals surface area contributed by atoms with Gasteiger partial charge in [-0.05, 0) is 38.1 Å². The Labute approximate surface area is 109 Å². The first-order chi connectivity index (χ1) is 8.49. The first kappa shape index (κ1) is 14.4. The minimum absolute atomic E-state index is 0.0856. The number of nitrogens with one attached hydrogen (secondary N) is 2. The summed E-state index contributed by atoms with van der Waals surface area (Å²) in [4.78, 5) is 13.5. The van der Waals surface area contributed by atoms with Crippen molar-refractivity contribution in [3.8, 4) is 0 Å². The summed E-state index contributed by atoms with van der Waals surface area (Å²) in [7, 11) is 4.03. The maximum Gasteiger partial charge on any atom is 0.221 e. The number of hydrogen-bond donors (Lipinski definition) is 2. The van der Waals surface area contributed by atoms with Gasteiger partial charge in [-0.15, -0.1) is 0 Å². The maximum absolute atomic E-state index is 11.4. The quantitative estimate of drug-likeness (QED) is 0.811. The molecule has 0 fully saturated rings. The van der Waals surface area contributed by atoms with Gasteiger partial charge in [-0.1, -0.05) is 0 Å². The molecule has 1 amide bonds. The Morgan fingerprint density at radius 3 is 2.33 bits per heavy atom. The predicted octanol–water partition coefficient (Wildman–Crippen LogP) is 2.08. The first-order valence-electron chi connectivity index (χ1n) is 6.29. The van der Waals surface area contributed by atoms with E-state index < -0.39 is 0 Å². The van der Waals surface area contributed by atoms with Crippen LogP contribution in [-0.2, 0) is 4.79 Å². The monoisotopic (exact) mass is 249 g/mol. The second kappa shape index (κ2) is 6.89. The third kappa shape index (κ3) is 5.08. The molecule has 4 heteroatoms. The Morgan fingerprint density at radius 1 is 1.22 bits per heavy atom. The summed E-state index contributed by atoms with van der Waals surface area (Å²) in [6.07, 6.45) is 0.494. The van der Waals surface area contributed by atoms with Gasteiger partial charge in [0, 0.05) is 44.5 Å². The summed E-state index contributed by atoms with van der Waals surface area (Å²) in [6, 6.07) is 8.36. The van der Waals surface area contributed by atoms with E-state index in [1.165, 1.54) is 0 Å². The molecule has 1 aromatic carbocycles. The molecule has 1 aromatic rings. The molecule has 0 saturated carbocycles. The molecule has 0 bridgehead atoms. The number of nitrogens with zero attached hydrogens (tertiary/aromatic N) is 1. The number of amides is 1. The molecule has 0 aliphatic heterocycles. The van der Waals surface area contributed by atoms with Crippen molar-refractivity contribution in [1.82, 2.24) is 5.32 Å². The topological polar surface area (TPSA) is 44.4 Å². The molecule has 0 unspecified atom stereocenters. The van der Waals surface area contributed by atoms with E-state index in [2.05, 4.69) is 27.7 Å². The molecule has 100 valence electrons. The highest BCUT2D eigenvalue weighted by Gasteiger charge is 2.02. The van der Waals surface area contributed by atoms with E-state index in [0.29, 0.717) is 13.0 Å². The van der Waals surface area contributed by atoms with Gasteiger partial charge in [-0.2, -0.15) is 0 Å². The normalized spacial score (nSPS) is 10.3. The lowest BCUT2D eigenvalue weighted by Gasteiger charge is -2.13. The van der Waals surface area contributed by atoms with Crippen LogP contribution in [0.25, 0.3) is 0 Å². The van der Waals surface area contributed by atoms with Crippen LogP contribution in [0.5, 0.6) is 0 Å². The van der Waals surface area contributed by atoms with Crippen LogP contribution in [0.2, 0.25) is 0 Å². The minimum Gasteiger partial charge on any atom is -0.385 e. The molecule has 0 radical (unpaired) electrons. The van der Waals surface area contributed by atoms with Crippen LogP contribution >= 0.6 is 0 Å². The third-order valence-corrected chi connectivity index (χ3v) is 2.51. The van der Waals surface area contributed by atoms with E-state index in [4.69, 9.17) is 0 Å². The van der Waals surface area contributed by atoms with Gasteiger partial charge in [0.25, 0.3) is 0 Å². The molecule has 0 aromatic heterocycles. The van der Waals surface area contributed by atoms with E-state index in [-0.39, 0.29) is 11.9 Å². The summed E-state index contributed by atoms with van der Waals surface area (Å²) >= 11 is 0. The average Bonchev–Trinajstić information content (AvgIpc) is 2.28. The molecule has 18 heavy (non-hydrogen) atoms. The van der Waals surface area contributed by atoms with Gasteiger partial charge in [-0.3, -0.25) is 4.79 Å². The van der Waals surface area contributed by atoms with Crippen molar-refractivity contribution in [2.75, 3.05) is 30.9 Å². The second-order valence-electron chi connectivity index (χ2n) is 4.84. The largest absolute Gasteiger partial charge is 0.385 e. The average molecular weight is 249 g/mol. The Kier molecular flexibility index (Phi) is 5.49. The van der Waals surface area contributed by atoms with Crippen molar-refractivity contribution < 1.29 is 4.79 Å². The van der Waals surface area contributed by atoms with Gasteiger partial charge < -0.3 is 15.5 Å². The SMILES string of the molecule is CC(C)NC(=O)CCNc1ccc(N(C)C)cc1. The fourth-order valence-electron chi connectivity index (χ4n) is 1.59. The lowest BCUT2D eigenvalue weighted by atomic mass is 10.2. The standard InChI is InChI=1S/C14H23N3O/c1-11(2)16-14(18)9-10-15-12-5-7-13(8-6-12)17(3)4/h5-8,11,15H,9-10H2,1-4H3,(H,16,18). The highest BCUT2D eigenvalue weighted by atomic mass is 16.1. The highest BCUT2D eigenvalue weighted by molar-refractivity contribution is 5.76. The van der Waals surface area contributed by atoms with Crippen LogP contribution in [0, 0.1) is 0 Å². The van der Waals surface area contributed by atoms with Crippen molar-refractivity contribution in [1.29, 1.82) is 0 Å². The molecular formula is C14H23N3O. The van der Waals surface area contributed by atoms with Crippen molar-refractivity contribution in [3.05, 3.63) is 24.3 Å². The van der Waals surface area contributed by atoms with E-state index in [1.54, 1.807) is 0 Å². The third-order valence-electron chi connectivity index (χ3n) is 2.51. The predicted molar refractivity (Wildman–Crippen MR) is 77.2 cm³/mol. The summed E-state index contributed by atoms with van der Waals surface area (Å²) in [6.45, 7) is 4.58. The number of carbonyl (C=O) groups excluding carboxylic acids is 1. The van der Waals surface area contributed by atoms with Gasteiger partial charge in [0.15, 0.2) is 0 Å². The smallest absolute Gasteiger partial charge is 0.221 e. The molecule has 2 N–H and O–H groups in total. The van der Waals surface area contributed by atoms with Gasteiger partial charge >= 0.3 is 0 Å². The highest BCUT2D eigenvalue weighted by Crippen LogP contribution is 2.15. The van der Waals surface area contributed by atoms with Crippen molar-refractivity contribution >= 4 is 17.3 Å². The number of benzene rings is 1.